The van der Waals surface area contributed by atoms with E-state index in [0.29, 0.717) is 34.5 Å². The molecule has 0 radical (unpaired) electrons. The van der Waals surface area contributed by atoms with Gasteiger partial charge in [-0.2, -0.15) is 0 Å². The summed E-state index contributed by atoms with van der Waals surface area (Å²) in [5, 5.41) is 23.1. The predicted molar refractivity (Wildman–Crippen MR) is 122 cm³/mol. The maximum atomic E-state index is 12.2. The molecule has 1 aromatic heterocycles. The molecular weight excluding hydrogens is 412 g/mol. The average Bonchev–Trinajstić information content (AvgIpc) is 2.79. The van der Waals surface area contributed by atoms with E-state index in [9.17, 15) is 19.8 Å². The van der Waals surface area contributed by atoms with E-state index < -0.39 is 17.7 Å². The van der Waals surface area contributed by atoms with Crippen LogP contribution in [0.25, 0.3) is 17.0 Å². The van der Waals surface area contributed by atoms with Gasteiger partial charge in [-0.1, -0.05) is 51.7 Å². The number of aliphatic carboxylic acids is 1. The quantitative estimate of drug-likeness (QED) is 0.396. The first kappa shape index (κ1) is 23.5. The zero-order valence-electron chi connectivity index (χ0n) is 18.5. The fourth-order valence-corrected chi connectivity index (χ4v) is 3.60. The lowest BCUT2D eigenvalue weighted by molar-refractivity contribution is -0.156. The molecule has 32 heavy (non-hydrogen) atoms. The molecule has 0 spiro atoms. The molecule has 0 saturated heterocycles. The van der Waals surface area contributed by atoms with Crippen molar-refractivity contribution < 1.29 is 29.3 Å². The normalized spacial score (nSPS) is 17.1. The Morgan fingerprint density at radius 2 is 1.78 bits per heavy atom. The summed E-state index contributed by atoms with van der Waals surface area (Å²) in [6.45, 7) is 4.88. The second-order valence-electron chi connectivity index (χ2n) is 7.85. The first-order valence-corrected chi connectivity index (χ1v) is 11.1. The Morgan fingerprint density at radius 3 is 2.44 bits per heavy atom. The number of nitrogens with zero attached hydrogens (tertiary/aromatic N) is 1. The Labute approximate surface area is 187 Å². The number of carbonyl (C=O) groups is 2. The van der Waals surface area contributed by atoms with Crippen molar-refractivity contribution in [3.63, 3.8) is 0 Å². The Balaban J connectivity index is 2.03. The number of unbranched alkanes of at least 4 members (excludes halogenated alkanes) is 4. The van der Waals surface area contributed by atoms with Gasteiger partial charge in [0.05, 0.1) is 24.4 Å². The second kappa shape index (κ2) is 10.5. The highest BCUT2D eigenvalue weighted by atomic mass is 16.5. The lowest BCUT2D eigenvalue weighted by Crippen LogP contribution is -2.48. The largest absolute Gasteiger partial charge is 0.493 e. The summed E-state index contributed by atoms with van der Waals surface area (Å²) < 4.78 is 11.7. The molecule has 2 aromatic rings. The van der Waals surface area contributed by atoms with E-state index in [4.69, 9.17) is 9.47 Å². The van der Waals surface area contributed by atoms with Gasteiger partial charge < -0.3 is 25.0 Å². The van der Waals surface area contributed by atoms with E-state index in [-0.39, 0.29) is 12.3 Å². The molecule has 0 bridgehead atoms. The topological polar surface area (TPSA) is 118 Å². The van der Waals surface area contributed by atoms with Crippen molar-refractivity contribution in [1.29, 1.82) is 0 Å². The fourth-order valence-electron chi connectivity index (χ4n) is 3.60. The van der Waals surface area contributed by atoms with Crippen molar-refractivity contribution in [1.82, 2.24) is 4.98 Å². The number of carboxylic acids is 2. The monoisotopic (exact) mass is 442 g/mol. The van der Waals surface area contributed by atoms with Crippen LogP contribution in [0.5, 0.6) is 5.75 Å². The van der Waals surface area contributed by atoms with Crippen molar-refractivity contribution in [2.75, 3.05) is 18.5 Å². The zero-order valence-corrected chi connectivity index (χ0v) is 18.5. The van der Waals surface area contributed by atoms with E-state index in [1.165, 1.54) is 12.1 Å². The first-order valence-electron chi connectivity index (χ1n) is 11.1. The number of ether oxygens (including phenoxy) is 2. The number of aromatic nitrogens is 1. The molecule has 0 aliphatic carbocycles. The predicted octanol–water partition coefficient (Wildman–Crippen LogP) is 4.93. The highest BCUT2D eigenvalue weighted by Crippen LogP contribution is 2.38. The molecule has 3 N–H and O–H groups in total. The number of rotatable bonds is 12. The molecule has 1 aliphatic heterocycles. The summed E-state index contributed by atoms with van der Waals surface area (Å²) in [5.41, 5.74) is -0.488. The lowest BCUT2D eigenvalue weighted by Gasteiger charge is -2.32. The molecule has 1 unspecified atom stereocenters. The fraction of sp³-hybridized carbons (Fsp3) is 0.458. The van der Waals surface area contributed by atoms with Crippen LogP contribution in [0.2, 0.25) is 0 Å². The number of fused-ring (bicyclic) bond motifs is 3. The van der Waals surface area contributed by atoms with Crippen LogP contribution in [0.1, 0.15) is 68.4 Å². The molecule has 172 valence electrons. The molecule has 1 aromatic carbocycles. The number of benzene rings is 1. The van der Waals surface area contributed by atoms with Gasteiger partial charge in [-0.15, -0.1) is 0 Å². The number of anilines is 1. The first-order chi connectivity index (χ1) is 15.4. The van der Waals surface area contributed by atoms with Crippen LogP contribution in [-0.2, 0) is 9.53 Å². The van der Waals surface area contributed by atoms with Gasteiger partial charge in [-0.3, -0.25) is 0 Å². The molecule has 3 rings (SSSR count). The number of carboxylic acid groups (broad SMARTS) is 2. The van der Waals surface area contributed by atoms with Gasteiger partial charge in [-0.25, -0.2) is 14.6 Å². The van der Waals surface area contributed by atoms with Crippen LogP contribution in [0, 0.1) is 0 Å². The average molecular weight is 443 g/mol. The lowest BCUT2D eigenvalue weighted by atomic mass is 9.99. The van der Waals surface area contributed by atoms with Crippen molar-refractivity contribution in [2.24, 2.45) is 0 Å². The van der Waals surface area contributed by atoms with Crippen molar-refractivity contribution in [3.05, 3.63) is 35.5 Å². The smallest absolute Gasteiger partial charge is 0.361 e. The summed E-state index contributed by atoms with van der Waals surface area (Å²) in [6.07, 6.45) is 8.69. The van der Waals surface area contributed by atoms with Crippen molar-refractivity contribution in [3.8, 4) is 5.75 Å². The van der Waals surface area contributed by atoms with Crippen molar-refractivity contribution in [2.45, 2.75) is 58.1 Å². The van der Waals surface area contributed by atoms with E-state index in [1.807, 2.05) is 12.1 Å². The number of hydrogen-bond acceptors (Lipinski definition) is 6. The summed E-state index contributed by atoms with van der Waals surface area (Å²) in [4.78, 5) is 28.2. The van der Waals surface area contributed by atoms with Gasteiger partial charge in [0.2, 0.25) is 0 Å². The molecule has 2 heterocycles. The van der Waals surface area contributed by atoms with E-state index in [0.717, 1.165) is 38.5 Å². The second-order valence-corrected chi connectivity index (χ2v) is 7.85. The molecule has 1 aliphatic rings. The molecule has 8 nitrogen and oxygen atoms in total. The van der Waals surface area contributed by atoms with Gasteiger partial charge in [0.1, 0.15) is 5.75 Å². The molecule has 1 atom stereocenters. The number of pyridine rings is 1. The molecule has 0 fully saturated rings. The van der Waals surface area contributed by atoms with Gasteiger partial charge in [0, 0.05) is 11.5 Å². The standard InChI is InChI=1S/C24H30N2O6/c1-3-5-7-13-31-19-15-18(22(27)28)25-21-17(19)10-9-16-11-12-24(23(29)30,26-20(16)21)32-14-8-6-4-2/h9-12,15,26H,3-8,13-14H2,1-2H3,(H,27,28)(H,29,30). The maximum Gasteiger partial charge on any atom is 0.361 e. The summed E-state index contributed by atoms with van der Waals surface area (Å²) in [5.74, 6) is -1.96. The van der Waals surface area contributed by atoms with Crippen LogP contribution in [0.4, 0.5) is 5.69 Å². The number of aromatic carboxylic acids is 1. The molecule has 0 saturated carbocycles. The Kier molecular flexibility index (Phi) is 7.69. The number of nitrogens with one attached hydrogen (secondary N) is 1. The summed E-state index contributed by atoms with van der Waals surface area (Å²) >= 11 is 0. The van der Waals surface area contributed by atoms with Crippen LogP contribution < -0.4 is 10.1 Å². The van der Waals surface area contributed by atoms with E-state index in [1.54, 1.807) is 6.08 Å². The number of hydrogen-bond donors (Lipinski definition) is 3. The molecule has 8 heteroatoms. The van der Waals surface area contributed by atoms with Crippen LogP contribution in [0.3, 0.4) is 0 Å². The van der Waals surface area contributed by atoms with E-state index >= 15 is 0 Å². The van der Waals surface area contributed by atoms with Gasteiger partial charge in [0.25, 0.3) is 5.72 Å². The Hall–Kier alpha value is -3.13. The van der Waals surface area contributed by atoms with Gasteiger partial charge >= 0.3 is 11.9 Å². The minimum atomic E-state index is -1.75. The van der Waals surface area contributed by atoms with Crippen LogP contribution >= 0.6 is 0 Å². The Bertz CT molecular complexity index is 1020. The summed E-state index contributed by atoms with van der Waals surface area (Å²) in [6, 6.07) is 5.04. The van der Waals surface area contributed by atoms with Crippen LogP contribution in [0.15, 0.2) is 24.3 Å². The third-order valence-corrected chi connectivity index (χ3v) is 5.40. The summed E-state index contributed by atoms with van der Waals surface area (Å²) in [7, 11) is 0. The Morgan fingerprint density at radius 1 is 1.06 bits per heavy atom. The van der Waals surface area contributed by atoms with Crippen LogP contribution in [-0.4, -0.2) is 46.1 Å². The van der Waals surface area contributed by atoms with Gasteiger partial charge in [-0.05, 0) is 30.5 Å². The maximum absolute atomic E-state index is 12.2. The minimum absolute atomic E-state index is 0.169. The highest BCUT2D eigenvalue weighted by Gasteiger charge is 2.40. The zero-order chi connectivity index (χ0) is 23.1. The highest BCUT2D eigenvalue weighted by molar-refractivity contribution is 6.04. The minimum Gasteiger partial charge on any atom is -0.493 e. The molecule has 0 amide bonds. The van der Waals surface area contributed by atoms with Crippen molar-refractivity contribution >= 4 is 34.6 Å². The third-order valence-electron chi connectivity index (χ3n) is 5.40. The van der Waals surface area contributed by atoms with Gasteiger partial charge in [0.15, 0.2) is 5.69 Å². The SMILES string of the molecule is CCCCCOc1cc(C(=O)O)nc2c3c(ccc12)C=CC(OCCCCC)(C(=O)O)N3. The van der Waals surface area contributed by atoms with E-state index in [2.05, 4.69) is 24.1 Å². The third kappa shape index (κ3) is 5.02. The molecular formula is C24H30N2O6.